The Labute approximate surface area is 113 Å². The topological polar surface area (TPSA) is 70.1 Å². The summed E-state index contributed by atoms with van der Waals surface area (Å²) in [6.45, 7) is 2.50. The molecule has 2 aromatic rings. The summed E-state index contributed by atoms with van der Waals surface area (Å²) in [7, 11) is 0. The first-order chi connectivity index (χ1) is 8.61. The van der Waals surface area contributed by atoms with Crippen LogP contribution in [-0.4, -0.2) is 15.7 Å². The quantitative estimate of drug-likeness (QED) is 0.698. The molecule has 1 aromatic carbocycles. The number of carbonyl (C=O) groups excluding carboxylic acids is 1. The average Bonchev–Trinajstić information content (AvgIpc) is 2.73. The fourth-order valence-electron chi connectivity index (χ4n) is 1.47. The SMILES string of the molecule is CCn1ncc(C(=O)Oc2ccc(Br)cc2)c1N. The number of aromatic nitrogens is 2. The van der Waals surface area contributed by atoms with Crippen LogP contribution in [0, 0.1) is 0 Å². The smallest absolute Gasteiger partial charge is 0.348 e. The molecule has 6 heteroatoms. The summed E-state index contributed by atoms with van der Waals surface area (Å²) in [6.07, 6.45) is 1.42. The first-order valence-electron chi connectivity index (χ1n) is 5.41. The van der Waals surface area contributed by atoms with Crippen molar-refractivity contribution in [2.24, 2.45) is 0 Å². The van der Waals surface area contributed by atoms with Crippen molar-refractivity contribution in [1.82, 2.24) is 9.78 Å². The molecule has 18 heavy (non-hydrogen) atoms. The fourth-order valence-corrected chi connectivity index (χ4v) is 1.73. The number of aryl methyl sites for hydroxylation is 1. The van der Waals surface area contributed by atoms with Crippen molar-refractivity contribution in [2.75, 3.05) is 5.73 Å². The molecule has 1 aromatic heterocycles. The van der Waals surface area contributed by atoms with E-state index in [4.69, 9.17) is 10.5 Å². The van der Waals surface area contributed by atoms with Crippen LogP contribution in [0.15, 0.2) is 34.9 Å². The van der Waals surface area contributed by atoms with Crippen molar-refractivity contribution in [3.8, 4) is 5.75 Å². The van der Waals surface area contributed by atoms with E-state index in [2.05, 4.69) is 21.0 Å². The molecule has 0 atom stereocenters. The van der Waals surface area contributed by atoms with E-state index in [1.165, 1.54) is 10.9 Å². The van der Waals surface area contributed by atoms with E-state index >= 15 is 0 Å². The molecule has 0 unspecified atom stereocenters. The lowest BCUT2D eigenvalue weighted by Gasteiger charge is -2.04. The van der Waals surface area contributed by atoms with Gasteiger partial charge in [-0.3, -0.25) is 0 Å². The number of nitrogens with zero attached hydrogens (tertiary/aromatic N) is 2. The first-order valence-corrected chi connectivity index (χ1v) is 6.20. The number of hydrogen-bond donors (Lipinski definition) is 1. The molecule has 0 amide bonds. The van der Waals surface area contributed by atoms with E-state index < -0.39 is 5.97 Å². The number of hydrogen-bond acceptors (Lipinski definition) is 4. The molecule has 0 saturated carbocycles. The van der Waals surface area contributed by atoms with Crippen molar-refractivity contribution in [3.63, 3.8) is 0 Å². The van der Waals surface area contributed by atoms with Crippen molar-refractivity contribution >= 4 is 27.7 Å². The van der Waals surface area contributed by atoms with Crippen LogP contribution in [0.3, 0.4) is 0 Å². The normalized spacial score (nSPS) is 10.3. The summed E-state index contributed by atoms with van der Waals surface area (Å²) in [4.78, 5) is 11.9. The third-order valence-electron chi connectivity index (χ3n) is 2.42. The molecule has 0 aliphatic heterocycles. The Bertz CT molecular complexity index is 563. The zero-order valence-electron chi connectivity index (χ0n) is 9.76. The van der Waals surface area contributed by atoms with Crippen LogP contribution in [0.2, 0.25) is 0 Å². The fraction of sp³-hybridized carbons (Fsp3) is 0.167. The Morgan fingerprint density at radius 1 is 1.44 bits per heavy atom. The van der Waals surface area contributed by atoms with Gasteiger partial charge in [0.25, 0.3) is 0 Å². The number of carbonyl (C=O) groups is 1. The molecule has 0 saturated heterocycles. The summed E-state index contributed by atoms with van der Waals surface area (Å²) in [5.74, 6) is 0.279. The highest BCUT2D eigenvalue weighted by atomic mass is 79.9. The van der Waals surface area contributed by atoms with Gasteiger partial charge in [0.05, 0.1) is 6.20 Å². The lowest BCUT2D eigenvalue weighted by Crippen LogP contribution is -2.11. The van der Waals surface area contributed by atoms with Gasteiger partial charge in [-0.05, 0) is 31.2 Å². The van der Waals surface area contributed by atoms with Crippen molar-refractivity contribution in [2.45, 2.75) is 13.5 Å². The van der Waals surface area contributed by atoms with Crippen molar-refractivity contribution in [1.29, 1.82) is 0 Å². The molecule has 0 radical (unpaired) electrons. The third-order valence-corrected chi connectivity index (χ3v) is 2.95. The molecule has 0 bridgehead atoms. The number of nitrogen functional groups attached to an aromatic ring is 1. The Morgan fingerprint density at radius 3 is 2.67 bits per heavy atom. The number of benzene rings is 1. The highest BCUT2D eigenvalue weighted by Crippen LogP contribution is 2.19. The summed E-state index contributed by atoms with van der Waals surface area (Å²) in [6, 6.07) is 6.98. The van der Waals surface area contributed by atoms with Gasteiger partial charge < -0.3 is 10.5 Å². The van der Waals surface area contributed by atoms with Gasteiger partial charge in [0.1, 0.15) is 17.1 Å². The Morgan fingerprint density at radius 2 is 2.11 bits per heavy atom. The highest BCUT2D eigenvalue weighted by Gasteiger charge is 2.16. The van der Waals surface area contributed by atoms with Gasteiger partial charge in [0, 0.05) is 11.0 Å². The van der Waals surface area contributed by atoms with Crippen molar-refractivity contribution in [3.05, 3.63) is 40.5 Å². The lowest BCUT2D eigenvalue weighted by atomic mass is 10.3. The van der Waals surface area contributed by atoms with Crippen LogP contribution < -0.4 is 10.5 Å². The Balaban J connectivity index is 2.16. The molecule has 94 valence electrons. The lowest BCUT2D eigenvalue weighted by molar-refractivity contribution is 0.0736. The van der Waals surface area contributed by atoms with E-state index in [1.54, 1.807) is 24.3 Å². The van der Waals surface area contributed by atoms with Crippen LogP contribution in [-0.2, 0) is 6.54 Å². The zero-order chi connectivity index (χ0) is 13.1. The molecule has 0 aliphatic carbocycles. The average molecular weight is 310 g/mol. The largest absolute Gasteiger partial charge is 0.423 e. The maximum Gasteiger partial charge on any atom is 0.348 e. The van der Waals surface area contributed by atoms with E-state index in [0.29, 0.717) is 18.1 Å². The minimum atomic E-state index is -0.505. The number of esters is 1. The standard InChI is InChI=1S/C12H12BrN3O2/c1-2-16-11(14)10(7-15-16)12(17)18-9-5-3-8(13)4-6-9/h3-7H,2,14H2,1H3. The molecule has 0 fully saturated rings. The third kappa shape index (κ3) is 2.53. The predicted octanol–water partition coefficient (Wildman–Crippen LogP) is 2.47. The minimum Gasteiger partial charge on any atom is -0.423 e. The molecular formula is C12H12BrN3O2. The van der Waals surface area contributed by atoms with Crippen LogP contribution >= 0.6 is 15.9 Å². The molecule has 5 nitrogen and oxygen atoms in total. The molecular weight excluding hydrogens is 298 g/mol. The van der Waals surface area contributed by atoms with Crippen molar-refractivity contribution < 1.29 is 9.53 Å². The first kappa shape index (κ1) is 12.6. The van der Waals surface area contributed by atoms with Gasteiger partial charge >= 0.3 is 5.97 Å². The summed E-state index contributed by atoms with van der Waals surface area (Å²) in [5.41, 5.74) is 6.06. The number of halogens is 1. The van der Waals surface area contributed by atoms with Gasteiger partial charge in [-0.15, -0.1) is 0 Å². The van der Waals surface area contributed by atoms with Crippen LogP contribution in [0.25, 0.3) is 0 Å². The van der Waals surface area contributed by atoms with Crippen LogP contribution in [0.1, 0.15) is 17.3 Å². The van der Waals surface area contributed by atoms with Gasteiger partial charge in [-0.2, -0.15) is 5.10 Å². The van der Waals surface area contributed by atoms with E-state index in [0.717, 1.165) is 4.47 Å². The van der Waals surface area contributed by atoms with Crippen LogP contribution in [0.5, 0.6) is 5.75 Å². The number of rotatable bonds is 3. The maximum absolute atomic E-state index is 11.9. The predicted molar refractivity (Wildman–Crippen MR) is 71.4 cm³/mol. The highest BCUT2D eigenvalue weighted by molar-refractivity contribution is 9.10. The summed E-state index contributed by atoms with van der Waals surface area (Å²) < 4.78 is 7.66. The van der Waals surface area contributed by atoms with E-state index in [1.807, 2.05) is 6.92 Å². The van der Waals surface area contributed by atoms with Gasteiger partial charge in [0.2, 0.25) is 0 Å². The second kappa shape index (κ2) is 5.22. The summed E-state index contributed by atoms with van der Waals surface area (Å²) >= 11 is 3.31. The van der Waals surface area contributed by atoms with Gasteiger partial charge in [-0.1, -0.05) is 15.9 Å². The second-order valence-corrected chi connectivity index (χ2v) is 4.52. The van der Waals surface area contributed by atoms with Gasteiger partial charge in [0.15, 0.2) is 0 Å². The van der Waals surface area contributed by atoms with Crippen LogP contribution in [0.4, 0.5) is 5.82 Å². The number of anilines is 1. The number of ether oxygens (including phenoxy) is 1. The zero-order valence-corrected chi connectivity index (χ0v) is 11.3. The van der Waals surface area contributed by atoms with Gasteiger partial charge in [-0.25, -0.2) is 9.48 Å². The molecule has 2 rings (SSSR count). The summed E-state index contributed by atoms with van der Waals surface area (Å²) in [5, 5.41) is 3.99. The van der Waals surface area contributed by atoms with E-state index in [9.17, 15) is 4.79 Å². The molecule has 0 aliphatic rings. The Kier molecular flexibility index (Phi) is 3.66. The second-order valence-electron chi connectivity index (χ2n) is 3.60. The molecule has 2 N–H and O–H groups in total. The molecule has 0 spiro atoms. The maximum atomic E-state index is 11.9. The minimum absolute atomic E-state index is 0.278. The Hall–Kier alpha value is -1.82. The number of nitrogens with two attached hydrogens (primary N) is 1. The monoisotopic (exact) mass is 309 g/mol. The molecule has 1 heterocycles. The van der Waals surface area contributed by atoms with E-state index in [-0.39, 0.29) is 5.56 Å².